The minimum absolute atomic E-state index is 0.0233. The molecule has 4 nitrogen and oxygen atoms in total. The van der Waals surface area contributed by atoms with Gasteiger partial charge in [-0.15, -0.1) is 0 Å². The number of nitrogens with zero attached hydrogens (tertiary/aromatic N) is 4. The molecular weight excluding hydrogens is 543 g/mol. The summed E-state index contributed by atoms with van der Waals surface area (Å²) in [5.74, 6) is 0. The van der Waals surface area contributed by atoms with E-state index < -0.39 is 0 Å². The monoisotopic (exact) mass is 564 g/mol. The molecule has 0 radical (unpaired) electrons. The Morgan fingerprint density at radius 2 is 0.949 bits per heavy atom. The second-order valence-electron chi connectivity index (χ2n) is 9.86. The van der Waals surface area contributed by atoms with Gasteiger partial charge in [0.05, 0.1) is 0 Å². The normalized spacial score (nSPS) is 12.1. The predicted molar refractivity (Wildman–Crippen MR) is 163 cm³/mol. The molecule has 9 rings (SSSR count). The Kier molecular flexibility index (Phi) is 4.31. The Balaban J connectivity index is 1.55. The van der Waals surface area contributed by atoms with Gasteiger partial charge in [-0.05, 0) is 0 Å². The van der Waals surface area contributed by atoms with Crippen molar-refractivity contribution >= 4 is 77.7 Å². The third kappa shape index (κ3) is 2.83. The van der Waals surface area contributed by atoms with E-state index in [9.17, 15) is 0 Å². The van der Waals surface area contributed by atoms with Crippen LogP contribution >= 0.6 is 0 Å². The van der Waals surface area contributed by atoms with Crippen molar-refractivity contribution in [3.63, 3.8) is 0 Å². The van der Waals surface area contributed by atoms with Crippen molar-refractivity contribution in [2.45, 2.75) is 0 Å². The fraction of sp³-hybridized carbons (Fsp3) is 0. The molecular formula is C34H20N4Se. The van der Waals surface area contributed by atoms with Gasteiger partial charge < -0.3 is 0 Å². The molecule has 0 amide bonds. The van der Waals surface area contributed by atoms with Crippen LogP contribution in [0.25, 0.3) is 74.5 Å². The Labute approximate surface area is 229 Å². The molecule has 0 spiro atoms. The number of aromatic nitrogens is 4. The zero-order chi connectivity index (χ0) is 25.5. The number of fused-ring (bicyclic) bond motifs is 9. The second kappa shape index (κ2) is 7.90. The van der Waals surface area contributed by atoms with Gasteiger partial charge in [0.25, 0.3) is 0 Å². The fourth-order valence-electron chi connectivity index (χ4n) is 6.27. The summed E-state index contributed by atoms with van der Waals surface area (Å²) in [5, 5.41) is 6.24. The van der Waals surface area contributed by atoms with Crippen molar-refractivity contribution in [3.8, 4) is 11.4 Å². The van der Waals surface area contributed by atoms with E-state index in [0.717, 1.165) is 9.91 Å². The Hall–Kier alpha value is -4.70. The second-order valence-corrected chi connectivity index (χ2v) is 12.0. The van der Waals surface area contributed by atoms with Crippen molar-refractivity contribution in [1.29, 1.82) is 0 Å². The summed E-state index contributed by atoms with van der Waals surface area (Å²) in [5.41, 5.74) is 8.25. The third-order valence-electron chi connectivity index (χ3n) is 7.85. The first-order valence-electron chi connectivity index (χ1n) is 13.0. The van der Waals surface area contributed by atoms with E-state index in [-0.39, 0.29) is 14.5 Å². The van der Waals surface area contributed by atoms with Gasteiger partial charge in [0.1, 0.15) is 0 Å². The average molecular weight is 564 g/mol. The van der Waals surface area contributed by atoms with Crippen molar-refractivity contribution in [2.75, 3.05) is 0 Å². The molecule has 0 unspecified atom stereocenters. The van der Waals surface area contributed by atoms with Crippen LogP contribution in [-0.2, 0) is 0 Å². The van der Waals surface area contributed by atoms with Crippen LogP contribution in [0.2, 0.25) is 0 Å². The number of benzene rings is 5. The van der Waals surface area contributed by atoms with Gasteiger partial charge in [0.2, 0.25) is 0 Å². The van der Waals surface area contributed by atoms with Crippen LogP contribution in [0.5, 0.6) is 0 Å². The summed E-state index contributed by atoms with van der Waals surface area (Å²) in [4.78, 5) is 9.54. The minimum atomic E-state index is 0.0233. The fourth-order valence-corrected chi connectivity index (χ4v) is 8.65. The topological polar surface area (TPSA) is 35.6 Å². The number of hydrogen-bond donors (Lipinski definition) is 0. The van der Waals surface area contributed by atoms with Crippen LogP contribution in [-0.4, -0.2) is 33.6 Å². The van der Waals surface area contributed by atoms with E-state index in [1.807, 2.05) is 12.4 Å². The molecule has 0 fully saturated rings. The van der Waals surface area contributed by atoms with Crippen molar-refractivity contribution in [1.82, 2.24) is 19.1 Å². The Morgan fingerprint density at radius 1 is 0.462 bits per heavy atom. The molecule has 0 bridgehead atoms. The first kappa shape index (κ1) is 21.3. The molecule has 5 aromatic carbocycles. The van der Waals surface area contributed by atoms with E-state index in [2.05, 4.69) is 118 Å². The van der Waals surface area contributed by atoms with Crippen molar-refractivity contribution in [2.24, 2.45) is 0 Å². The molecule has 9 aromatic rings. The summed E-state index contributed by atoms with van der Waals surface area (Å²) in [7, 11) is 0. The Bertz CT molecular complexity index is 2300. The molecule has 0 aliphatic rings. The summed E-state index contributed by atoms with van der Waals surface area (Å²) in [6.07, 6.45) is 3.63. The van der Waals surface area contributed by atoms with Gasteiger partial charge in [0, 0.05) is 0 Å². The predicted octanol–water partition coefficient (Wildman–Crippen LogP) is 8.03. The molecule has 0 aliphatic carbocycles. The molecule has 4 heterocycles. The molecule has 5 heteroatoms. The van der Waals surface area contributed by atoms with E-state index >= 15 is 0 Å². The van der Waals surface area contributed by atoms with Crippen LogP contribution in [0.3, 0.4) is 0 Å². The van der Waals surface area contributed by atoms with E-state index in [1.54, 1.807) is 0 Å². The molecule has 0 N–H and O–H groups in total. The maximum atomic E-state index is 4.78. The van der Waals surface area contributed by atoms with Crippen LogP contribution in [0.4, 0.5) is 0 Å². The Morgan fingerprint density at radius 3 is 1.51 bits per heavy atom. The molecule has 0 saturated heterocycles. The molecule has 4 aromatic heterocycles. The first-order chi connectivity index (χ1) is 19.4. The maximum absolute atomic E-state index is 4.78. The summed E-state index contributed by atoms with van der Waals surface area (Å²) in [6.45, 7) is 0. The van der Waals surface area contributed by atoms with Gasteiger partial charge in [-0.2, -0.15) is 0 Å². The van der Waals surface area contributed by atoms with E-state index in [4.69, 9.17) is 9.97 Å². The average Bonchev–Trinajstić information content (AvgIpc) is 3.65. The van der Waals surface area contributed by atoms with Crippen LogP contribution in [0, 0.1) is 0 Å². The van der Waals surface area contributed by atoms with E-state index in [0.29, 0.717) is 0 Å². The van der Waals surface area contributed by atoms with Crippen LogP contribution < -0.4 is 0 Å². The zero-order valence-corrected chi connectivity index (χ0v) is 22.5. The van der Waals surface area contributed by atoms with Crippen LogP contribution in [0.1, 0.15) is 0 Å². The standard InChI is InChI=1S/C34H20N4Se/c1-5-13-26-21(9-1)22-10-2-6-14-27(22)37(26)30-18-17-25-31-34(36-20-19-35-31)39-33(25)32(30)38-28-15-7-3-11-23(28)24-12-4-8-16-29(24)38/h1-20H. The molecule has 0 aliphatic heterocycles. The quantitative estimate of drug-likeness (QED) is 0.200. The van der Waals surface area contributed by atoms with E-state index in [1.165, 1.54) is 64.6 Å². The summed E-state index contributed by atoms with van der Waals surface area (Å²) < 4.78 is 7.36. The van der Waals surface area contributed by atoms with Gasteiger partial charge in [-0.1, -0.05) is 0 Å². The van der Waals surface area contributed by atoms with Gasteiger partial charge in [0.15, 0.2) is 0 Å². The van der Waals surface area contributed by atoms with Gasteiger partial charge >= 0.3 is 230 Å². The zero-order valence-electron chi connectivity index (χ0n) is 20.7. The first-order valence-corrected chi connectivity index (χ1v) is 14.7. The van der Waals surface area contributed by atoms with Crippen molar-refractivity contribution < 1.29 is 0 Å². The van der Waals surface area contributed by atoms with Gasteiger partial charge in [-0.25, -0.2) is 0 Å². The van der Waals surface area contributed by atoms with Gasteiger partial charge in [-0.3, -0.25) is 0 Å². The van der Waals surface area contributed by atoms with Crippen LogP contribution in [0.15, 0.2) is 122 Å². The van der Waals surface area contributed by atoms with Crippen molar-refractivity contribution in [3.05, 3.63) is 122 Å². The molecule has 39 heavy (non-hydrogen) atoms. The number of rotatable bonds is 2. The summed E-state index contributed by atoms with van der Waals surface area (Å²) in [6, 6.07) is 39.5. The third-order valence-corrected chi connectivity index (χ3v) is 10.2. The number of para-hydroxylation sites is 4. The molecule has 182 valence electrons. The number of hydrogen-bond acceptors (Lipinski definition) is 2. The SMILES string of the molecule is c1ccc2c(c1)c1ccccc1n2-c1ccc2c([se]c3nccnc32)c1-n1c2ccccc2c2ccccc21. The molecule has 0 saturated carbocycles. The summed E-state index contributed by atoms with van der Waals surface area (Å²) >= 11 is 0.0233. The molecule has 0 atom stereocenters.